The number of aliphatic carboxylic acids is 1. The molecule has 2 unspecified atom stereocenters. The molecule has 2 aromatic rings. The van der Waals surface area contributed by atoms with E-state index in [-0.39, 0.29) is 5.70 Å². The van der Waals surface area contributed by atoms with Crippen molar-refractivity contribution in [2.75, 3.05) is 18.6 Å². The number of nitrogens with one attached hydrogen (secondary N) is 3. The van der Waals surface area contributed by atoms with E-state index in [9.17, 15) is 24.3 Å². The molecule has 4 N–H and O–H groups in total. The number of hydrogen-bond acceptors (Lipinski definition) is 10. The normalized spacial score (nSPS) is 20.3. The minimum Gasteiger partial charge on any atom is -0.477 e. The summed E-state index contributed by atoms with van der Waals surface area (Å²) in [6, 6.07) is 1.02. The third-order valence-electron chi connectivity index (χ3n) is 5.10. The Morgan fingerprint density at radius 3 is 2.79 bits per heavy atom. The van der Waals surface area contributed by atoms with Crippen molar-refractivity contribution in [1.82, 2.24) is 41.1 Å². The van der Waals surface area contributed by atoms with E-state index < -0.39 is 41.3 Å². The molecule has 0 aromatic carbocycles. The Hall–Kier alpha value is -3.11. The molecule has 34 heavy (non-hydrogen) atoms. The van der Waals surface area contributed by atoms with Crippen LogP contribution in [0, 0.1) is 0 Å². The van der Waals surface area contributed by atoms with E-state index in [1.807, 2.05) is 0 Å². The Labute approximate surface area is 205 Å². The fourth-order valence-corrected chi connectivity index (χ4v) is 6.56. The SMILES string of the molecule is CNC(=O)NC(C(=O)N[C@H]1C(=O)N2C(C(=O)O)=C(CSc3nnnn3C)CSC12)c1cccs1. The molecule has 2 aromatic heterocycles. The molecule has 0 saturated carbocycles. The molecule has 1 fully saturated rings. The zero-order valence-electron chi connectivity index (χ0n) is 17.9. The lowest BCUT2D eigenvalue weighted by molar-refractivity contribution is -0.150. The zero-order chi connectivity index (χ0) is 24.4. The van der Waals surface area contributed by atoms with Gasteiger partial charge in [-0.25, -0.2) is 14.3 Å². The number of β-lactam (4-membered cyclic amide) rings is 1. The molecule has 2 aliphatic heterocycles. The first-order valence-corrected chi connectivity index (χ1v) is 12.8. The summed E-state index contributed by atoms with van der Waals surface area (Å²) in [5, 5.41) is 30.4. The number of amides is 4. The Bertz CT molecular complexity index is 1150. The van der Waals surface area contributed by atoms with Crippen molar-refractivity contribution in [2.24, 2.45) is 7.05 Å². The lowest BCUT2D eigenvalue weighted by Crippen LogP contribution is -2.71. The molecular formula is C18H20N8O5S3. The van der Waals surface area contributed by atoms with Crippen molar-refractivity contribution in [2.45, 2.75) is 22.6 Å². The lowest BCUT2D eigenvalue weighted by Gasteiger charge is -2.49. The first-order chi connectivity index (χ1) is 16.3. The number of hydrogen-bond donors (Lipinski definition) is 4. The summed E-state index contributed by atoms with van der Waals surface area (Å²) in [6.45, 7) is 0. The van der Waals surface area contributed by atoms with Crippen LogP contribution in [-0.2, 0) is 21.4 Å². The van der Waals surface area contributed by atoms with Crippen LogP contribution in [0.25, 0.3) is 0 Å². The average Bonchev–Trinajstić information content (AvgIpc) is 3.50. The fourth-order valence-electron chi connectivity index (χ4n) is 3.45. The molecule has 0 radical (unpaired) electrons. The molecule has 16 heteroatoms. The van der Waals surface area contributed by atoms with Crippen LogP contribution in [-0.4, -0.2) is 84.0 Å². The number of thioether (sulfide) groups is 2. The molecule has 0 spiro atoms. The van der Waals surface area contributed by atoms with E-state index in [1.165, 1.54) is 51.5 Å². The van der Waals surface area contributed by atoms with E-state index in [1.54, 1.807) is 24.6 Å². The van der Waals surface area contributed by atoms with Gasteiger partial charge in [-0.2, -0.15) is 0 Å². The second-order valence-corrected chi connectivity index (χ2v) is 10.2. The highest BCUT2D eigenvalue weighted by Gasteiger charge is 2.54. The van der Waals surface area contributed by atoms with Crippen LogP contribution in [0.15, 0.2) is 33.9 Å². The van der Waals surface area contributed by atoms with Crippen LogP contribution >= 0.6 is 34.9 Å². The van der Waals surface area contributed by atoms with Gasteiger partial charge < -0.3 is 21.1 Å². The quantitative estimate of drug-likeness (QED) is 0.267. The van der Waals surface area contributed by atoms with Gasteiger partial charge in [-0.3, -0.25) is 14.5 Å². The van der Waals surface area contributed by atoms with Gasteiger partial charge in [0.05, 0.1) is 0 Å². The Morgan fingerprint density at radius 2 is 2.18 bits per heavy atom. The largest absolute Gasteiger partial charge is 0.477 e. The number of carbonyl (C=O) groups excluding carboxylic acids is 3. The number of aryl methyl sites for hydroxylation is 1. The second-order valence-electron chi connectivity index (χ2n) is 7.20. The van der Waals surface area contributed by atoms with E-state index in [0.717, 1.165) is 0 Å². The van der Waals surface area contributed by atoms with E-state index in [4.69, 9.17) is 0 Å². The summed E-state index contributed by atoms with van der Waals surface area (Å²) in [4.78, 5) is 51.6. The third-order valence-corrected chi connectivity index (χ3v) is 8.47. The standard InChI is InChI=1S/C18H20N8O5S3/c1-19-17(31)21-10(9-4-3-5-32-9)13(27)20-11-14(28)26-12(16(29)30)8(6-33-15(11)26)7-34-18-22-23-24-25(18)2/h3-5,10-11,15H,6-7H2,1-2H3,(H,20,27)(H,29,30)(H2,19,21,31)/t10?,11-,15?/m0/s1. The van der Waals surface area contributed by atoms with E-state index >= 15 is 0 Å². The van der Waals surface area contributed by atoms with Gasteiger partial charge in [0.2, 0.25) is 11.1 Å². The molecule has 2 aliphatic rings. The molecule has 4 amide bonds. The molecule has 0 bridgehead atoms. The van der Waals surface area contributed by atoms with Crippen molar-refractivity contribution in [3.63, 3.8) is 0 Å². The number of carboxylic acids is 1. The minimum atomic E-state index is -1.21. The average molecular weight is 525 g/mol. The zero-order valence-corrected chi connectivity index (χ0v) is 20.4. The maximum absolute atomic E-state index is 13.0. The minimum absolute atomic E-state index is 0.0832. The number of carboxylic acid groups (broad SMARTS) is 1. The van der Waals surface area contributed by atoms with Crippen LogP contribution in [0.4, 0.5) is 4.79 Å². The Morgan fingerprint density at radius 1 is 1.38 bits per heavy atom. The topological polar surface area (TPSA) is 171 Å². The van der Waals surface area contributed by atoms with Gasteiger partial charge in [0.25, 0.3) is 5.91 Å². The third kappa shape index (κ3) is 4.60. The van der Waals surface area contributed by atoms with Crippen molar-refractivity contribution in [3.8, 4) is 0 Å². The van der Waals surface area contributed by atoms with Crippen molar-refractivity contribution < 1.29 is 24.3 Å². The summed E-state index contributed by atoms with van der Waals surface area (Å²) in [7, 11) is 3.11. The van der Waals surface area contributed by atoms with Crippen LogP contribution in [0.3, 0.4) is 0 Å². The number of tetrazole rings is 1. The highest BCUT2D eigenvalue weighted by Crippen LogP contribution is 2.41. The maximum atomic E-state index is 13.0. The van der Waals surface area contributed by atoms with Gasteiger partial charge in [0, 0.05) is 30.5 Å². The predicted octanol–water partition coefficient (Wildman–Crippen LogP) is -0.227. The highest BCUT2D eigenvalue weighted by molar-refractivity contribution is 8.01. The second kappa shape index (κ2) is 10.0. The summed E-state index contributed by atoms with van der Waals surface area (Å²) >= 11 is 3.93. The number of nitrogens with zero attached hydrogens (tertiary/aromatic N) is 5. The van der Waals surface area contributed by atoms with Crippen LogP contribution in [0.1, 0.15) is 10.9 Å². The molecule has 0 aliphatic carbocycles. The first kappa shape index (κ1) is 24.0. The number of fused-ring (bicyclic) bond motifs is 1. The van der Waals surface area contributed by atoms with Gasteiger partial charge in [-0.15, -0.1) is 28.2 Å². The monoisotopic (exact) mass is 524 g/mol. The van der Waals surface area contributed by atoms with E-state index in [0.29, 0.717) is 27.1 Å². The summed E-state index contributed by atoms with van der Waals surface area (Å²) in [6.07, 6.45) is 0. The van der Waals surface area contributed by atoms with Crippen molar-refractivity contribution in [1.29, 1.82) is 0 Å². The van der Waals surface area contributed by atoms with Crippen molar-refractivity contribution in [3.05, 3.63) is 33.7 Å². The lowest BCUT2D eigenvalue weighted by atomic mass is 10.0. The fraction of sp³-hybridized carbons (Fsp3) is 0.389. The summed E-state index contributed by atoms with van der Waals surface area (Å²) < 4.78 is 1.47. The molecule has 3 atom stereocenters. The van der Waals surface area contributed by atoms with Crippen LogP contribution in [0.5, 0.6) is 0 Å². The summed E-state index contributed by atoms with van der Waals surface area (Å²) in [5.74, 6) is -1.62. The molecule has 180 valence electrons. The van der Waals surface area contributed by atoms with Gasteiger partial charge in [-0.1, -0.05) is 17.8 Å². The summed E-state index contributed by atoms with van der Waals surface area (Å²) in [5.41, 5.74) is 0.484. The predicted molar refractivity (Wildman–Crippen MR) is 124 cm³/mol. The van der Waals surface area contributed by atoms with Gasteiger partial charge in [0.1, 0.15) is 23.2 Å². The van der Waals surface area contributed by atoms with Crippen LogP contribution < -0.4 is 16.0 Å². The smallest absolute Gasteiger partial charge is 0.352 e. The number of rotatable bonds is 8. The van der Waals surface area contributed by atoms with Gasteiger partial charge in [-0.05, 0) is 27.4 Å². The van der Waals surface area contributed by atoms with E-state index in [2.05, 4.69) is 31.5 Å². The van der Waals surface area contributed by atoms with Gasteiger partial charge >= 0.3 is 12.0 Å². The molecule has 4 heterocycles. The Balaban J connectivity index is 1.48. The van der Waals surface area contributed by atoms with Crippen LogP contribution in [0.2, 0.25) is 0 Å². The molecule has 13 nitrogen and oxygen atoms in total. The molecule has 1 saturated heterocycles. The molecular weight excluding hydrogens is 504 g/mol. The number of aromatic nitrogens is 4. The number of carbonyl (C=O) groups is 4. The number of thiophene rings is 1. The first-order valence-electron chi connectivity index (χ1n) is 9.89. The molecule has 4 rings (SSSR count). The van der Waals surface area contributed by atoms with Gasteiger partial charge in [0.15, 0.2) is 0 Å². The highest BCUT2D eigenvalue weighted by atomic mass is 32.2. The maximum Gasteiger partial charge on any atom is 0.352 e. The van der Waals surface area contributed by atoms with Crippen molar-refractivity contribution >= 4 is 58.7 Å². The number of urea groups is 1. The Kier molecular flexibility index (Phi) is 7.08.